The van der Waals surface area contributed by atoms with E-state index in [-0.39, 0.29) is 6.61 Å². The Bertz CT molecular complexity index is 316. The first-order valence-electron chi connectivity index (χ1n) is 5.79. The van der Waals surface area contributed by atoms with Crippen LogP contribution in [-0.2, 0) is 14.2 Å². The van der Waals surface area contributed by atoms with Crippen molar-refractivity contribution in [1.29, 1.82) is 0 Å². The van der Waals surface area contributed by atoms with E-state index in [0.717, 1.165) is 0 Å². The SMILES string of the molecule is C=C[C@]1(C)O[C@H](CO)[C@H]2OC(C)(C)O[C@H]2[C@H]1O. The molecule has 0 aromatic heterocycles. The Morgan fingerprint density at radius 1 is 1.18 bits per heavy atom. The van der Waals surface area contributed by atoms with Crippen LogP contribution in [0.5, 0.6) is 0 Å². The molecule has 5 nitrogen and oxygen atoms in total. The molecule has 0 aromatic carbocycles. The molecule has 2 saturated heterocycles. The molecule has 2 aliphatic heterocycles. The monoisotopic (exact) mass is 244 g/mol. The summed E-state index contributed by atoms with van der Waals surface area (Å²) < 4.78 is 17.0. The van der Waals surface area contributed by atoms with Crippen LogP contribution in [0, 0.1) is 0 Å². The molecule has 2 N–H and O–H groups in total. The topological polar surface area (TPSA) is 68.2 Å². The van der Waals surface area contributed by atoms with E-state index in [1.54, 1.807) is 20.8 Å². The summed E-state index contributed by atoms with van der Waals surface area (Å²) >= 11 is 0. The second-order valence-corrected chi connectivity index (χ2v) is 5.24. The van der Waals surface area contributed by atoms with Crippen LogP contribution in [-0.4, -0.2) is 52.6 Å². The Balaban J connectivity index is 2.29. The van der Waals surface area contributed by atoms with E-state index in [1.165, 1.54) is 6.08 Å². The highest BCUT2D eigenvalue weighted by Gasteiger charge is 2.57. The Morgan fingerprint density at radius 2 is 1.76 bits per heavy atom. The Hall–Kier alpha value is -0.460. The molecule has 0 unspecified atom stereocenters. The smallest absolute Gasteiger partial charge is 0.164 e. The number of hydrogen-bond donors (Lipinski definition) is 2. The molecule has 17 heavy (non-hydrogen) atoms. The van der Waals surface area contributed by atoms with Gasteiger partial charge in [0.05, 0.1) is 6.61 Å². The second-order valence-electron chi connectivity index (χ2n) is 5.24. The summed E-state index contributed by atoms with van der Waals surface area (Å²) in [5.74, 6) is -0.778. The molecule has 98 valence electrons. The molecule has 0 aromatic rings. The van der Waals surface area contributed by atoms with E-state index >= 15 is 0 Å². The van der Waals surface area contributed by atoms with Gasteiger partial charge in [0.2, 0.25) is 0 Å². The normalized spacial score (nSPS) is 48.8. The molecule has 0 radical (unpaired) electrons. The summed E-state index contributed by atoms with van der Waals surface area (Å²) in [6, 6.07) is 0. The highest BCUT2D eigenvalue weighted by atomic mass is 16.8. The number of fused-ring (bicyclic) bond motifs is 1. The van der Waals surface area contributed by atoms with Crippen molar-refractivity contribution in [3.05, 3.63) is 12.7 Å². The van der Waals surface area contributed by atoms with Gasteiger partial charge in [0, 0.05) is 0 Å². The van der Waals surface area contributed by atoms with Crippen LogP contribution < -0.4 is 0 Å². The van der Waals surface area contributed by atoms with Crippen LogP contribution in [0.4, 0.5) is 0 Å². The second kappa shape index (κ2) is 4.03. The van der Waals surface area contributed by atoms with Crippen molar-refractivity contribution in [3.63, 3.8) is 0 Å². The number of aliphatic hydroxyl groups excluding tert-OH is 2. The van der Waals surface area contributed by atoms with Gasteiger partial charge in [-0.15, -0.1) is 6.58 Å². The lowest BCUT2D eigenvalue weighted by molar-refractivity contribution is -0.222. The summed E-state index contributed by atoms with van der Waals surface area (Å²) in [4.78, 5) is 0. The number of ether oxygens (including phenoxy) is 3. The van der Waals surface area contributed by atoms with Crippen LogP contribution >= 0.6 is 0 Å². The third-order valence-corrected chi connectivity index (χ3v) is 3.42. The summed E-state index contributed by atoms with van der Waals surface area (Å²) in [7, 11) is 0. The molecule has 5 atom stereocenters. The molecular formula is C12H20O5. The lowest BCUT2D eigenvalue weighted by atomic mass is 9.86. The molecule has 5 heteroatoms. The first kappa shape index (κ1) is 13.0. The average Bonchev–Trinajstić information content (AvgIpc) is 2.60. The van der Waals surface area contributed by atoms with Gasteiger partial charge in [-0.1, -0.05) is 6.08 Å². The number of aliphatic hydroxyl groups is 2. The number of rotatable bonds is 2. The minimum Gasteiger partial charge on any atom is -0.394 e. The van der Waals surface area contributed by atoms with Gasteiger partial charge in [-0.25, -0.2) is 0 Å². The summed E-state index contributed by atoms with van der Waals surface area (Å²) in [5, 5.41) is 19.6. The highest BCUT2D eigenvalue weighted by Crippen LogP contribution is 2.41. The van der Waals surface area contributed by atoms with Gasteiger partial charge >= 0.3 is 0 Å². The third-order valence-electron chi connectivity index (χ3n) is 3.42. The minimum atomic E-state index is -0.932. The maximum atomic E-state index is 10.3. The van der Waals surface area contributed by atoms with Gasteiger partial charge in [0.15, 0.2) is 5.79 Å². The summed E-state index contributed by atoms with van der Waals surface area (Å²) in [6.07, 6.45) is -0.828. The molecule has 0 saturated carbocycles. The molecule has 0 bridgehead atoms. The first-order chi connectivity index (χ1) is 7.83. The zero-order valence-electron chi connectivity index (χ0n) is 10.4. The van der Waals surface area contributed by atoms with Crippen molar-refractivity contribution >= 4 is 0 Å². The molecule has 0 amide bonds. The molecule has 2 aliphatic rings. The lowest BCUT2D eigenvalue weighted by Gasteiger charge is -2.44. The van der Waals surface area contributed by atoms with Crippen LogP contribution in [0.25, 0.3) is 0 Å². The van der Waals surface area contributed by atoms with Crippen molar-refractivity contribution in [2.75, 3.05) is 6.61 Å². The Morgan fingerprint density at radius 3 is 2.29 bits per heavy atom. The largest absolute Gasteiger partial charge is 0.394 e. The molecule has 0 aliphatic carbocycles. The fourth-order valence-corrected chi connectivity index (χ4v) is 2.45. The van der Waals surface area contributed by atoms with Gasteiger partial charge in [-0.2, -0.15) is 0 Å². The van der Waals surface area contributed by atoms with Gasteiger partial charge in [-0.05, 0) is 20.8 Å². The van der Waals surface area contributed by atoms with E-state index in [1.807, 2.05) is 0 Å². The fraction of sp³-hybridized carbons (Fsp3) is 0.833. The highest BCUT2D eigenvalue weighted by molar-refractivity contribution is 5.10. The predicted molar refractivity (Wildman–Crippen MR) is 60.4 cm³/mol. The zero-order valence-corrected chi connectivity index (χ0v) is 10.4. The summed E-state index contributed by atoms with van der Waals surface area (Å²) in [5.41, 5.74) is -0.932. The zero-order chi connectivity index (χ0) is 12.8. The van der Waals surface area contributed by atoms with Crippen molar-refractivity contribution in [2.24, 2.45) is 0 Å². The minimum absolute atomic E-state index is 0.184. The van der Waals surface area contributed by atoms with Gasteiger partial charge in [-0.3, -0.25) is 0 Å². The van der Waals surface area contributed by atoms with Crippen molar-refractivity contribution in [1.82, 2.24) is 0 Å². The van der Waals surface area contributed by atoms with Gasteiger partial charge in [0.1, 0.15) is 30.0 Å². The first-order valence-corrected chi connectivity index (χ1v) is 5.79. The maximum Gasteiger partial charge on any atom is 0.164 e. The quantitative estimate of drug-likeness (QED) is 0.679. The van der Waals surface area contributed by atoms with E-state index in [0.29, 0.717) is 0 Å². The van der Waals surface area contributed by atoms with Gasteiger partial charge < -0.3 is 24.4 Å². The van der Waals surface area contributed by atoms with Crippen LogP contribution in [0.15, 0.2) is 12.7 Å². The molecular weight excluding hydrogens is 224 g/mol. The van der Waals surface area contributed by atoms with E-state index in [9.17, 15) is 10.2 Å². The molecule has 2 fully saturated rings. The van der Waals surface area contributed by atoms with Crippen LogP contribution in [0.1, 0.15) is 20.8 Å². The van der Waals surface area contributed by atoms with Crippen molar-refractivity contribution in [3.8, 4) is 0 Å². The van der Waals surface area contributed by atoms with Crippen LogP contribution in [0.3, 0.4) is 0 Å². The van der Waals surface area contributed by atoms with Crippen LogP contribution in [0.2, 0.25) is 0 Å². The Labute approximate surface area is 101 Å². The standard InChI is InChI=1S/C12H20O5/c1-5-12(4)10(14)9-8(7(6-13)15-12)16-11(2,3)17-9/h5,7-10,13-14H,1,6H2,2-4H3/t7-,8-,9-,10-,12+/m1/s1. The maximum absolute atomic E-state index is 10.3. The predicted octanol–water partition coefficient (Wildman–Crippen LogP) is 0.203. The molecule has 2 rings (SSSR count). The summed E-state index contributed by atoms with van der Waals surface area (Å²) in [6.45, 7) is 8.75. The van der Waals surface area contributed by atoms with E-state index in [4.69, 9.17) is 14.2 Å². The van der Waals surface area contributed by atoms with E-state index < -0.39 is 35.8 Å². The van der Waals surface area contributed by atoms with E-state index in [2.05, 4.69) is 6.58 Å². The number of hydrogen-bond acceptors (Lipinski definition) is 5. The lowest BCUT2D eigenvalue weighted by Crippen LogP contribution is -2.62. The van der Waals surface area contributed by atoms with Gasteiger partial charge in [0.25, 0.3) is 0 Å². The average molecular weight is 244 g/mol. The van der Waals surface area contributed by atoms with Crippen molar-refractivity contribution in [2.45, 2.75) is 56.6 Å². The van der Waals surface area contributed by atoms with Crippen molar-refractivity contribution < 1.29 is 24.4 Å². The fourth-order valence-electron chi connectivity index (χ4n) is 2.45. The Kier molecular flexibility index (Phi) is 3.08. The third kappa shape index (κ3) is 2.02. The molecule has 2 heterocycles. The molecule has 0 spiro atoms.